The summed E-state index contributed by atoms with van der Waals surface area (Å²) in [5.74, 6) is -0.454. The molecular weight excluding hydrogens is 438 g/mol. The fourth-order valence-electron chi connectivity index (χ4n) is 4.11. The molecule has 2 aromatic heterocycles. The topological polar surface area (TPSA) is 102 Å². The highest BCUT2D eigenvalue weighted by molar-refractivity contribution is 7.89. The molecule has 1 aromatic carbocycles. The van der Waals surface area contributed by atoms with Crippen molar-refractivity contribution in [3.8, 4) is 0 Å². The van der Waals surface area contributed by atoms with E-state index in [9.17, 15) is 18.0 Å². The molecular formula is C21H25N3O5S2. The van der Waals surface area contributed by atoms with Crippen LogP contribution in [0.1, 0.15) is 25.1 Å². The molecule has 0 unspecified atom stereocenters. The lowest BCUT2D eigenvalue weighted by molar-refractivity contribution is -0.121. The maximum atomic E-state index is 13.1. The van der Waals surface area contributed by atoms with Crippen LogP contribution in [-0.4, -0.2) is 36.3 Å². The summed E-state index contributed by atoms with van der Waals surface area (Å²) in [6, 6.07) is 8.18. The average molecular weight is 464 g/mol. The van der Waals surface area contributed by atoms with Crippen LogP contribution >= 0.6 is 11.3 Å². The van der Waals surface area contributed by atoms with Gasteiger partial charge in [-0.25, -0.2) is 13.2 Å². The molecule has 166 valence electrons. The summed E-state index contributed by atoms with van der Waals surface area (Å²) in [6.07, 6.45) is 0.997. The Labute approximate surface area is 184 Å². The van der Waals surface area contributed by atoms with Crippen molar-refractivity contribution in [2.45, 2.75) is 38.3 Å². The fraction of sp³-hybridized carbons (Fsp3) is 0.429. The average Bonchev–Trinajstić information content (AvgIpc) is 3.33. The van der Waals surface area contributed by atoms with Crippen LogP contribution in [0.4, 0.5) is 0 Å². The summed E-state index contributed by atoms with van der Waals surface area (Å²) >= 11 is 1.53. The van der Waals surface area contributed by atoms with Crippen molar-refractivity contribution in [1.82, 2.24) is 14.2 Å². The van der Waals surface area contributed by atoms with Gasteiger partial charge in [0.25, 0.3) is 0 Å². The number of piperidine rings is 1. The minimum absolute atomic E-state index is 0.0874. The SMILES string of the molecule is C[C@@H]1C[C@@H](C)CN(S(=O)(=O)c2ccc3c(c2)oc(=O)n3CC(=O)NCc2cccs2)C1. The predicted molar refractivity (Wildman–Crippen MR) is 118 cm³/mol. The molecule has 1 amide bonds. The molecule has 2 atom stereocenters. The van der Waals surface area contributed by atoms with Crippen LogP contribution < -0.4 is 11.1 Å². The molecule has 1 saturated heterocycles. The van der Waals surface area contributed by atoms with Gasteiger partial charge >= 0.3 is 5.76 Å². The number of benzene rings is 1. The fourth-order valence-corrected chi connectivity index (χ4v) is 6.45. The van der Waals surface area contributed by atoms with Gasteiger partial charge in [-0.1, -0.05) is 19.9 Å². The number of oxazole rings is 1. The monoisotopic (exact) mass is 463 g/mol. The molecule has 1 fully saturated rings. The van der Waals surface area contributed by atoms with E-state index in [1.165, 1.54) is 38.4 Å². The third-order valence-corrected chi connectivity index (χ3v) is 8.16. The van der Waals surface area contributed by atoms with Gasteiger partial charge in [0.1, 0.15) is 6.54 Å². The standard InChI is InChI=1S/C21H25N3O5S2/c1-14-8-15(2)12-23(11-14)31(27,28)17-5-6-18-19(9-17)29-21(26)24(18)13-20(25)22-10-16-4-3-7-30-16/h3-7,9,14-15H,8,10-13H2,1-2H3,(H,22,25)/t14-,15-/m1/s1. The number of thiophene rings is 1. The maximum absolute atomic E-state index is 13.1. The molecule has 0 aliphatic carbocycles. The number of rotatable bonds is 6. The normalized spacial score (nSPS) is 20.2. The first-order chi connectivity index (χ1) is 14.7. The van der Waals surface area contributed by atoms with Crippen LogP contribution in [0.5, 0.6) is 0 Å². The number of carbonyl (C=O) groups is 1. The van der Waals surface area contributed by atoms with Gasteiger partial charge in [0.15, 0.2) is 5.58 Å². The van der Waals surface area contributed by atoms with Gasteiger partial charge in [0.05, 0.1) is 17.0 Å². The van der Waals surface area contributed by atoms with Gasteiger partial charge in [0.2, 0.25) is 15.9 Å². The second-order valence-corrected chi connectivity index (χ2v) is 11.2. The highest BCUT2D eigenvalue weighted by Crippen LogP contribution is 2.28. The molecule has 31 heavy (non-hydrogen) atoms. The molecule has 10 heteroatoms. The quantitative estimate of drug-likeness (QED) is 0.606. The van der Waals surface area contributed by atoms with Crippen LogP contribution in [0.25, 0.3) is 11.1 Å². The van der Waals surface area contributed by atoms with E-state index in [0.29, 0.717) is 25.2 Å². The molecule has 8 nitrogen and oxygen atoms in total. The minimum atomic E-state index is -3.70. The number of amides is 1. The summed E-state index contributed by atoms with van der Waals surface area (Å²) in [5.41, 5.74) is 0.533. The van der Waals surface area contributed by atoms with E-state index in [1.807, 2.05) is 31.4 Å². The third-order valence-electron chi connectivity index (χ3n) is 5.45. The van der Waals surface area contributed by atoms with Crippen LogP contribution in [0.3, 0.4) is 0 Å². The molecule has 3 heterocycles. The van der Waals surface area contributed by atoms with Gasteiger partial charge in [-0.2, -0.15) is 4.31 Å². The summed E-state index contributed by atoms with van der Waals surface area (Å²) in [6.45, 7) is 5.22. The van der Waals surface area contributed by atoms with E-state index in [0.717, 1.165) is 11.3 Å². The molecule has 0 bridgehead atoms. The van der Waals surface area contributed by atoms with E-state index in [1.54, 1.807) is 0 Å². The van der Waals surface area contributed by atoms with E-state index in [4.69, 9.17) is 4.42 Å². The number of aromatic nitrogens is 1. The molecule has 4 rings (SSSR count). The molecule has 0 saturated carbocycles. The van der Waals surface area contributed by atoms with Gasteiger partial charge in [-0.15, -0.1) is 11.3 Å². The number of fused-ring (bicyclic) bond motifs is 1. The lowest BCUT2D eigenvalue weighted by Crippen LogP contribution is -2.42. The molecule has 3 aromatic rings. The lowest BCUT2D eigenvalue weighted by Gasteiger charge is -2.34. The Balaban J connectivity index is 1.55. The Morgan fingerprint density at radius 3 is 2.65 bits per heavy atom. The van der Waals surface area contributed by atoms with Crippen molar-refractivity contribution in [1.29, 1.82) is 0 Å². The van der Waals surface area contributed by atoms with Crippen LogP contribution in [0, 0.1) is 11.8 Å². The van der Waals surface area contributed by atoms with Gasteiger partial charge < -0.3 is 9.73 Å². The zero-order valence-corrected chi connectivity index (χ0v) is 19.0. The Bertz CT molecular complexity index is 1230. The number of nitrogens with one attached hydrogen (secondary N) is 1. The van der Waals surface area contributed by atoms with E-state index in [-0.39, 0.29) is 34.8 Å². The summed E-state index contributed by atoms with van der Waals surface area (Å²) in [7, 11) is -3.70. The van der Waals surface area contributed by atoms with Crippen molar-refractivity contribution in [2.24, 2.45) is 11.8 Å². The molecule has 0 radical (unpaired) electrons. The Kier molecular flexibility index (Phi) is 6.05. The van der Waals surface area contributed by atoms with E-state index in [2.05, 4.69) is 5.32 Å². The van der Waals surface area contributed by atoms with Crippen molar-refractivity contribution in [2.75, 3.05) is 13.1 Å². The molecule has 1 aliphatic heterocycles. The van der Waals surface area contributed by atoms with Crippen LogP contribution in [0.2, 0.25) is 0 Å². The van der Waals surface area contributed by atoms with Crippen molar-refractivity contribution in [3.05, 3.63) is 51.1 Å². The highest BCUT2D eigenvalue weighted by Gasteiger charge is 2.32. The van der Waals surface area contributed by atoms with Gasteiger partial charge in [0, 0.05) is 24.0 Å². The van der Waals surface area contributed by atoms with Crippen molar-refractivity contribution in [3.63, 3.8) is 0 Å². The first-order valence-corrected chi connectivity index (χ1v) is 12.5. The number of hydrogen-bond acceptors (Lipinski definition) is 6. The second kappa shape index (κ2) is 8.60. The van der Waals surface area contributed by atoms with Crippen LogP contribution in [0.15, 0.2) is 49.8 Å². The Morgan fingerprint density at radius 1 is 1.23 bits per heavy atom. The smallest absolute Gasteiger partial charge is 0.408 e. The highest BCUT2D eigenvalue weighted by atomic mass is 32.2. The number of hydrogen-bond donors (Lipinski definition) is 1. The zero-order valence-electron chi connectivity index (χ0n) is 17.4. The summed E-state index contributed by atoms with van der Waals surface area (Å²) < 4.78 is 34.2. The lowest BCUT2D eigenvalue weighted by atomic mass is 9.94. The number of sulfonamides is 1. The molecule has 0 spiro atoms. The summed E-state index contributed by atoms with van der Waals surface area (Å²) in [4.78, 5) is 25.7. The predicted octanol–water partition coefficient (Wildman–Crippen LogP) is 2.64. The Morgan fingerprint density at radius 2 is 1.97 bits per heavy atom. The zero-order chi connectivity index (χ0) is 22.2. The second-order valence-electron chi connectivity index (χ2n) is 8.21. The van der Waals surface area contributed by atoms with E-state index >= 15 is 0 Å². The summed E-state index contributed by atoms with van der Waals surface area (Å²) in [5, 5.41) is 4.69. The van der Waals surface area contributed by atoms with Gasteiger partial charge in [-0.05, 0) is 41.8 Å². The largest absolute Gasteiger partial charge is 0.420 e. The number of nitrogens with zero attached hydrogens (tertiary/aromatic N) is 2. The molecule has 1 N–H and O–H groups in total. The van der Waals surface area contributed by atoms with Gasteiger partial charge in [-0.3, -0.25) is 9.36 Å². The number of carbonyl (C=O) groups excluding carboxylic acids is 1. The first-order valence-electron chi connectivity index (χ1n) is 10.2. The minimum Gasteiger partial charge on any atom is -0.408 e. The Hall–Kier alpha value is -2.43. The van der Waals surface area contributed by atoms with Crippen LogP contribution in [-0.2, 0) is 27.9 Å². The maximum Gasteiger partial charge on any atom is 0.420 e. The third kappa shape index (κ3) is 4.60. The first kappa shape index (κ1) is 21.8. The van der Waals surface area contributed by atoms with Crippen molar-refractivity contribution < 1.29 is 17.6 Å². The van der Waals surface area contributed by atoms with E-state index < -0.39 is 15.8 Å². The molecule has 1 aliphatic rings. The van der Waals surface area contributed by atoms with Crippen molar-refractivity contribution >= 4 is 38.4 Å².